The Balaban J connectivity index is 1.98. The molecule has 0 aliphatic carbocycles. The van der Waals surface area contributed by atoms with Crippen LogP contribution in [-0.2, 0) is 6.61 Å². The summed E-state index contributed by atoms with van der Waals surface area (Å²) in [7, 11) is 1.65. The number of pyridine rings is 2. The summed E-state index contributed by atoms with van der Waals surface area (Å²) in [4.78, 5) is 9.23. The van der Waals surface area contributed by atoms with E-state index in [0.29, 0.717) is 0 Å². The quantitative estimate of drug-likeness (QED) is 0.621. The normalized spacial score (nSPS) is 11.0. The summed E-state index contributed by atoms with van der Waals surface area (Å²) in [5.74, 6) is 0.805. The number of hydrogen-bond acceptors (Lipinski definition) is 4. The molecule has 4 aromatic rings. The third kappa shape index (κ3) is 2.75. The highest BCUT2D eigenvalue weighted by Gasteiger charge is 2.17. The van der Waals surface area contributed by atoms with E-state index in [1.165, 1.54) is 0 Å². The number of fused-ring (bicyclic) bond motifs is 1. The number of methoxy groups -OCH3 is 1. The molecular weight excluding hydrogens is 314 g/mol. The van der Waals surface area contributed by atoms with E-state index in [9.17, 15) is 5.11 Å². The summed E-state index contributed by atoms with van der Waals surface area (Å²) in [6.45, 7) is -0.0137. The van der Waals surface area contributed by atoms with E-state index in [0.717, 1.165) is 39.6 Å². The van der Waals surface area contributed by atoms with E-state index in [2.05, 4.69) is 4.98 Å². The van der Waals surface area contributed by atoms with Crippen LogP contribution in [0.4, 0.5) is 0 Å². The van der Waals surface area contributed by atoms with E-state index >= 15 is 0 Å². The highest BCUT2D eigenvalue weighted by molar-refractivity contribution is 5.80. The van der Waals surface area contributed by atoms with Crippen molar-refractivity contribution in [1.29, 1.82) is 0 Å². The molecule has 4 rings (SSSR count). The Labute approximate surface area is 145 Å². The van der Waals surface area contributed by atoms with Crippen molar-refractivity contribution >= 4 is 5.65 Å². The van der Waals surface area contributed by atoms with Crippen molar-refractivity contribution in [2.24, 2.45) is 0 Å². The molecule has 3 aromatic heterocycles. The van der Waals surface area contributed by atoms with Crippen LogP contribution in [0.25, 0.3) is 28.3 Å². The molecule has 0 amide bonds. The fraction of sp³-hybridized carbons (Fsp3) is 0.100. The van der Waals surface area contributed by atoms with E-state index in [4.69, 9.17) is 9.72 Å². The van der Waals surface area contributed by atoms with E-state index in [1.54, 1.807) is 13.3 Å². The zero-order valence-electron chi connectivity index (χ0n) is 13.8. The van der Waals surface area contributed by atoms with E-state index in [1.807, 2.05) is 65.2 Å². The maximum atomic E-state index is 9.40. The highest BCUT2D eigenvalue weighted by Crippen LogP contribution is 2.32. The minimum atomic E-state index is -0.0137. The molecule has 0 spiro atoms. The van der Waals surface area contributed by atoms with Gasteiger partial charge in [0.05, 0.1) is 25.1 Å². The van der Waals surface area contributed by atoms with Gasteiger partial charge in [0, 0.05) is 18.0 Å². The first-order chi connectivity index (χ1) is 12.3. The molecule has 0 fully saturated rings. The topological polar surface area (TPSA) is 59.7 Å². The molecule has 124 valence electrons. The lowest BCUT2D eigenvalue weighted by Gasteiger charge is -2.07. The Hall–Kier alpha value is -3.18. The average molecular weight is 331 g/mol. The smallest absolute Gasteiger partial charge is 0.138 e. The molecule has 1 N–H and O–H groups in total. The lowest BCUT2D eigenvalue weighted by atomic mass is 10.1. The second-order valence-electron chi connectivity index (χ2n) is 5.67. The first kappa shape index (κ1) is 15.4. The number of imidazole rings is 1. The molecule has 0 bridgehead atoms. The van der Waals surface area contributed by atoms with Crippen LogP contribution >= 0.6 is 0 Å². The van der Waals surface area contributed by atoms with Crippen LogP contribution in [0.2, 0.25) is 0 Å². The van der Waals surface area contributed by atoms with Crippen molar-refractivity contribution in [2.45, 2.75) is 6.61 Å². The zero-order valence-corrected chi connectivity index (χ0v) is 13.8. The molecule has 0 aliphatic heterocycles. The molecule has 0 saturated carbocycles. The molecule has 0 aliphatic rings. The lowest BCUT2D eigenvalue weighted by molar-refractivity contribution is 0.282. The molecule has 0 radical (unpaired) electrons. The van der Waals surface area contributed by atoms with Crippen molar-refractivity contribution in [3.05, 3.63) is 72.6 Å². The highest BCUT2D eigenvalue weighted by atomic mass is 16.5. The van der Waals surface area contributed by atoms with Crippen LogP contribution in [0, 0.1) is 0 Å². The minimum Gasteiger partial charge on any atom is -0.497 e. The molecule has 25 heavy (non-hydrogen) atoms. The zero-order chi connectivity index (χ0) is 17.2. The summed E-state index contributed by atoms with van der Waals surface area (Å²) in [5.41, 5.74) is 5.19. The summed E-state index contributed by atoms with van der Waals surface area (Å²) in [5, 5.41) is 9.40. The van der Waals surface area contributed by atoms with Crippen LogP contribution in [-0.4, -0.2) is 26.6 Å². The minimum absolute atomic E-state index is 0.0137. The molecule has 1 aromatic carbocycles. The second-order valence-corrected chi connectivity index (χ2v) is 5.67. The number of nitrogens with zero attached hydrogens (tertiary/aromatic N) is 3. The second kappa shape index (κ2) is 6.37. The Morgan fingerprint density at radius 1 is 1.08 bits per heavy atom. The van der Waals surface area contributed by atoms with Gasteiger partial charge in [-0.1, -0.05) is 6.07 Å². The Morgan fingerprint density at radius 2 is 1.92 bits per heavy atom. The van der Waals surface area contributed by atoms with Gasteiger partial charge < -0.3 is 9.84 Å². The molecule has 0 atom stereocenters. The number of hydrogen-bond donors (Lipinski definition) is 1. The lowest BCUT2D eigenvalue weighted by Crippen LogP contribution is -1.92. The fourth-order valence-electron chi connectivity index (χ4n) is 2.89. The predicted molar refractivity (Wildman–Crippen MR) is 96.3 cm³/mol. The first-order valence-corrected chi connectivity index (χ1v) is 7.98. The number of ether oxygens (including phenoxy) is 1. The number of aliphatic hydroxyl groups is 1. The molecule has 3 heterocycles. The number of aromatic nitrogens is 3. The van der Waals surface area contributed by atoms with Gasteiger partial charge >= 0.3 is 0 Å². The summed E-state index contributed by atoms with van der Waals surface area (Å²) in [6.07, 6.45) is 3.69. The van der Waals surface area contributed by atoms with E-state index in [-0.39, 0.29) is 6.61 Å². The van der Waals surface area contributed by atoms with Gasteiger partial charge in [-0.15, -0.1) is 0 Å². The molecule has 0 unspecified atom stereocenters. The van der Waals surface area contributed by atoms with Gasteiger partial charge in [-0.2, -0.15) is 0 Å². The maximum Gasteiger partial charge on any atom is 0.138 e. The molecule has 5 nitrogen and oxygen atoms in total. The monoisotopic (exact) mass is 331 g/mol. The molecular formula is C20H17N3O2. The number of aliphatic hydroxyl groups excluding tert-OH is 1. The van der Waals surface area contributed by atoms with Crippen LogP contribution in [0.5, 0.6) is 5.75 Å². The van der Waals surface area contributed by atoms with E-state index < -0.39 is 0 Å². The Morgan fingerprint density at radius 3 is 2.60 bits per heavy atom. The van der Waals surface area contributed by atoms with Crippen molar-refractivity contribution in [3.8, 4) is 28.4 Å². The third-order valence-corrected chi connectivity index (χ3v) is 4.14. The van der Waals surface area contributed by atoms with Gasteiger partial charge in [-0.25, -0.2) is 4.98 Å². The molecule has 0 saturated heterocycles. The maximum absolute atomic E-state index is 9.40. The van der Waals surface area contributed by atoms with Crippen LogP contribution < -0.4 is 4.74 Å². The van der Waals surface area contributed by atoms with Gasteiger partial charge in [0.25, 0.3) is 0 Å². The van der Waals surface area contributed by atoms with Crippen molar-refractivity contribution in [1.82, 2.24) is 14.4 Å². The van der Waals surface area contributed by atoms with Gasteiger partial charge in [0.1, 0.15) is 17.1 Å². The number of rotatable bonds is 4. The summed E-state index contributed by atoms with van der Waals surface area (Å²) < 4.78 is 7.28. The fourth-order valence-corrected chi connectivity index (χ4v) is 2.89. The Kier molecular flexibility index (Phi) is 3.91. The standard InChI is InChI=1S/C20H17N3O2/c1-25-16-7-5-15(6-8-16)20-19(17-4-2-3-10-21-17)22-18-12-14(13-24)9-11-23(18)20/h2-12,24H,13H2,1H3. The molecule has 5 heteroatoms. The van der Waals surface area contributed by atoms with Crippen LogP contribution in [0.15, 0.2) is 67.0 Å². The largest absolute Gasteiger partial charge is 0.497 e. The number of benzene rings is 1. The van der Waals surface area contributed by atoms with Crippen LogP contribution in [0.1, 0.15) is 5.56 Å². The predicted octanol–water partition coefficient (Wildman–Crippen LogP) is 3.56. The van der Waals surface area contributed by atoms with Crippen molar-refractivity contribution in [2.75, 3.05) is 7.11 Å². The van der Waals surface area contributed by atoms with Crippen molar-refractivity contribution < 1.29 is 9.84 Å². The SMILES string of the molecule is COc1ccc(-c2c(-c3ccccn3)nc3cc(CO)ccn23)cc1. The van der Waals surface area contributed by atoms with Gasteiger partial charge in [-0.05, 0) is 54.1 Å². The average Bonchev–Trinajstić information content (AvgIpc) is 3.07. The summed E-state index contributed by atoms with van der Waals surface area (Å²) >= 11 is 0. The summed E-state index contributed by atoms with van der Waals surface area (Å²) in [6, 6.07) is 17.4. The van der Waals surface area contributed by atoms with Gasteiger partial charge in [0.2, 0.25) is 0 Å². The van der Waals surface area contributed by atoms with Crippen LogP contribution in [0.3, 0.4) is 0 Å². The third-order valence-electron chi connectivity index (χ3n) is 4.14. The first-order valence-electron chi connectivity index (χ1n) is 7.98. The Bertz CT molecular complexity index is 1010. The van der Waals surface area contributed by atoms with Gasteiger partial charge in [-0.3, -0.25) is 9.38 Å². The van der Waals surface area contributed by atoms with Gasteiger partial charge in [0.15, 0.2) is 0 Å². The van der Waals surface area contributed by atoms with Crippen molar-refractivity contribution in [3.63, 3.8) is 0 Å².